The van der Waals surface area contributed by atoms with Gasteiger partial charge in [0.05, 0.1) is 5.69 Å². The van der Waals surface area contributed by atoms with Gasteiger partial charge in [0.2, 0.25) is 12.0 Å². The number of rotatable bonds is 1. The van der Waals surface area contributed by atoms with E-state index in [0.717, 1.165) is 0 Å². The minimum atomic E-state index is -4.73. The zero-order valence-electron chi connectivity index (χ0n) is 7.01. The molecule has 1 N–H and O–H groups in total. The molecule has 0 aromatic carbocycles. The maximum atomic E-state index is 11.9. The molecule has 1 rings (SSSR count). The number of hydrogen-bond donors (Lipinski definition) is 1. The van der Waals surface area contributed by atoms with Gasteiger partial charge in [0, 0.05) is 0 Å². The van der Waals surface area contributed by atoms with Gasteiger partial charge in [0.25, 0.3) is 0 Å². The van der Waals surface area contributed by atoms with Gasteiger partial charge in [-0.15, -0.1) is 0 Å². The molecule has 0 aliphatic rings. The molecule has 0 aliphatic carbocycles. The number of oxazole rings is 1. The molecule has 0 radical (unpaired) electrons. The Labute approximate surface area is 72.2 Å². The summed E-state index contributed by atoms with van der Waals surface area (Å²) in [6.07, 6.45) is -7.37. The summed E-state index contributed by atoms with van der Waals surface area (Å²) in [4.78, 5) is 3.44. The van der Waals surface area contributed by atoms with E-state index in [1.165, 1.54) is 13.8 Å². The van der Waals surface area contributed by atoms with Gasteiger partial charge in [-0.25, -0.2) is 4.98 Å². The second-order valence-corrected chi connectivity index (χ2v) is 2.64. The van der Waals surface area contributed by atoms with Gasteiger partial charge in [-0.3, -0.25) is 0 Å². The average Bonchev–Trinajstić information content (AvgIpc) is 2.29. The molecule has 1 aromatic heterocycles. The maximum absolute atomic E-state index is 11.9. The lowest BCUT2D eigenvalue weighted by Crippen LogP contribution is -2.20. The van der Waals surface area contributed by atoms with Crippen molar-refractivity contribution in [3.05, 3.63) is 17.3 Å². The Morgan fingerprint density at radius 2 is 1.92 bits per heavy atom. The van der Waals surface area contributed by atoms with Crippen LogP contribution in [-0.2, 0) is 0 Å². The van der Waals surface area contributed by atoms with Crippen LogP contribution in [0.5, 0.6) is 0 Å². The van der Waals surface area contributed by atoms with Crippen LogP contribution in [0.15, 0.2) is 4.42 Å². The highest BCUT2D eigenvalue weighted by atomic mass is 19.4. The van der Waals surface area contributed by atoms with Crippen LogP contribution in [0, 0.1) is 13.8 Å². The minimum Gasteiger partial charge on any atom is -0.442 e. The molecule has 74 valence electrons. The van der Waals surface area contributed by atoms with Crippen LogP contribution in [0.2, 0.25) is 0 Å². The lowest BCUT2D eigenvalue weighted by molar-refractivity contribution is -0.213. The van der Waals surface area contributed by atoms with E-state index in [1.54, 1.807) is 0 Å². The van der Waals surface area contributed by atoms with Crippen molar-refractivity contribution in [2.45, 2.75) is 26.1 Å². The fraction of sp³-hybridized carbons (Fsp3) is 0.571. The third-order valence-electron chi connectivity index (χ3n) is 1.59. The average molecular weight is 195 g/mol. The Morgan fingerprint density at radius 1 is 1.38 bits per heavy atom. The van der Waals surface area contributed by atoms with Crippen LogP contribution in [0.3, 0.4) is 0 Å². The van der Waals surface area contributed by atoms with Gasteiger partial charge >= 0.3 is 6.18 Å². The predicted octanol–water partition coefficient (Wildman–Crippen LogP) is 1.89. The van der Waals surface area contributed by atoms with E-state index in [0.29, 0.717) is 5.69 Å². The van der Waals surface area contributed by atoms with E-state index in [9.17, 15) is 13.2 Å². The number of nitrogens with zero attached hydrogens (tertiary/aromatic N) is 1. The standard InChI is InChI=1S/C7H8F3NO2/c1-3-4(2)13-6(11-3)5(12)7(8,9)10/h5,12H,1-2H3. The maximum Gasteiger partial charge on any atom is 0.423 e. The monoisotopic (exact) mass is 195 g/mol. The molecule has 0 fully saturated rings. The number of aryl methyl sites for hydroxylation is 2. The zero-order chi connectivity index (χ0) is 10.2. The van der Waals surface area contributed by atoms with Crippen LogP contribution in [-0.4, -0.2) is 16.3 Å². The number of halogens is 3. The van der Waals surface area contributed by atoms with E-state index < -0.39 is 18.2 Å². The molecule has 1 unspecified atom stereocenters. The highest BCUT2D eigenvalue weighted by Gasteiger charge is 2.42. The molecule has 3 nitrogen and oxygen atoms in total. The number of alkyl halides is 3. The number of aliphatic hydroxyl groups is 1. The predicted molar refractivity (Wildman–Crippen MR) is 37.0 cm³/mol. The van der Waals surface area contributed by atoms with Gasteiger partial charge in [0.1, 0.15) is 5.76 Å². The molecular formula is C7H8F3NO2. The molecule has 0 saturated heterocycles. The van der Waals surface area contributed by atoms with Crippen LogP contribution in [0.25, 0.3) is 0 Å². The number of hydrogen-bond acceptors (Lipinski definition) is 3. The summed E-state index contributed by atoms with van der Waals surface area (Å²) >= 11 is 0. The molecule has 13 heavy (non-hydrogen) atoms. The van der Waals surface area contributed by atoms with E-state index >= 15 is 0 Å². The largest absolute Gasteiger partial charge is 0.442 e. The second kappa shape index (κ2) is 3.02. The molecular weight excluding hydrogens is 187 g/mol. The highest BCUT2D eigenvalue weighted by molar-refractivity contribution is 5.07. The van der Waals surface area contributed by atoms with Crippen molar-refractivity contribution in [2.24, 2.45) is 0 Å². The summed E-state index contributed by atoms with van der Waals surface area (Å²) in [5.41, 5.74) is 0.346. The van der Waals surface area contributed by atoms with Crippen LogP contribution in [0.1, 0.15) is 23.4 Å². The van der Waals surface area contributed by atoms with E-state index in [-0.39, 0.29) is 5.76 Å². The SMILES string of the molecule is Cc1nc(C(O)C(F)(F)F)oc1C. The molecule has 0 aliphatic heterocycles. The molecule has 1 heterocycles. The molecule has 0 bridgehead atoms. The first-order valence-electron chi connectivity index (χ1n) is 3.51. The van der Waals surface area contributed by atoms with Crippen LogP contribution >= 0.6 is 0 Å². The number of aliphatic hydroxyl groups excluding tert-OH is 1. The molecule has 0 saturated carbocycles. The van der Waals surface area contributed by atoms with Crippen molar-refractivity contribution in [3.8, 4) is 0 Å². The first-order valence-corrected chi connectivity index (χ1v) is 3.51. The Kier molecular flexibility index (Phi) is 2.34. The topological polar surface area (TPSA) is 46.3 Å². The van der Waals surface area contributed by atoms with Crippen molar-refractivity contribution >= 4 is 0 Å². The fourth-order valence-corrected chi connectivity index (χ4v) is 0.755. The summed E-state index contributed by atoms with van der Waals surface area (Å²) in [7, 11) is 0. The summed E-state index contributed by atoms with van der Waals surface area (Å²) in [5.74, 6) is -0.430. The smallest absolute Gasteiger partial charge is 0.423 e. The van der Waals surface area contributed by atoms with Crippen LogP contribution in [0.4, 0.5) is 13.2 Å². The minimum absolute atomic E-state index is 0.276. The quantitative estimate of drug-likeness (QED) is 0.744. The summed E-state index contributed by atoms with van der Waals surface area (Å²) < 4.78 is 40.4. The summed E-state index contributed by atoms with van der Waals surface area (Å²) in [6, 6.07) is 0. The Bertz CT molecular complexity index is 286. The van der Waals surface area contributed by atoms with Crippen molar-refractivity contribution < 1.29 is 22.7 Å². The molecule has 6 heteroatoms. The van der Waals surface area contributed by atoms with E-state index in [4.69, 9.17) is 5.11 Å². The van der Waals surface area contributed by atoms with Crippen molar-refractivity contribution in [2.75, 3.05) is 0 Å². The first-order chi connectivity index (χ1) is 5.82. The highest BCUT2D eigenvalue weighted by Crippen LogP contribution is 2.32. The second-order valence-electron chi connectivity index (χ2n) is 2.64. The van der Waals surface area contributed by atoms with Gasteiger partial charge < -0.3 is 9.52 Å². The normalized spacial score (nSPS) is 14.6. The Morgan fingerprint density at radius 3 is 2.23 bits per heavy atom. The Balaban J connectivity index is 2.96. The van der Waals surface area contributed by atoms with E-state index in [2.05, 4.69) is 9.40 Å². The summed E-state index contributed by atoms with van der Waals surface area (Å²) in [6.45, 7) is 2.99. The molecule has 1 aromatic rings. The van der Waals surface area contributed by atoms with Gasteiger partial charge in [-0.05, 0) is 13.8 Å². The molecule has 0 spiro atoms. The van der Waals surface area contributed by atoms with Gasteiger partial charge in [0.15, 0.2) is 0 Å². The number of aromatic nitrogens is 1. The third kappa shape index (κ3) is 2.00. The van der Waals surface area contributed by atoms with Crippen molar-refractivity contribution in [1.29, 1.82) is 0 Å². The lowest BCUT2D eigenvalue weighted by Gasteiger charge is -2.09. The molecule has 1 atom stereocenters. The zero-order valence-corrected chi connectivity index (χ0v) is 7.01. The lowest BCUT2D eigenvalue weighted by atomic mass is 10.3. The molecule has 0 amide bonds. The van der Waals surface area contributed by atoms with Crippen molar-refractivity contribution in [3.63, 3.8) is 0 Å². The van der Waals surface area contributed by atoms with Gasteiger partial charge in [-0.2, -0.15) is 13.2 Å². The third-order valence-corrected chi connectivity index (χ3v) is 1.59. The van der Waals surface area contributed by atoms with E-state index in [1.807, 2.05) is 0 Å². The van der Waals surface area contributed by atoms with Crippen molar-refractivity contribution in [1.82, 2.24) is 4.98 Å². The van der Waals surface area contributed by atoms with Crippen LogP contribution < -0.4 is 0 Å². The fourth-order valence-electron chi connectivity index (χ4n) is 0.755. The Hall–Kier alpha value is -1.04. The first kappa shape index (κ1) is 10.0. The summed E-state index contributed by atoms with van der Waals surface area (Å²) in [5, 5.41) is 8.71. The van der Waals surface area contributed by atoms with Gasteiger partial charge in [-0.1, -0.05) is 0 Å².